The highest BCUT2D eigenvalue weighted by Crippen LogP contribution is 2.28. The topological polar surface area (TPSA) is 77.3 Å². The Balaban J connectivity index is 2.54. The predicted molar refractivity (Wildman–Crippen MR) is 73.9 cm³/mol. The van der Waals surface area contributed by atoms with E-state index in [9.17, 15) is 19.7 Å². The van der Waals surface area contributed by atoms with Crippen molar-refractivity contribution in [3.63, 3.8) is 0 Å². The molecule has 0 aliphatic heterocycles. The first-order valence-electron chi connectivity index (χ1n) is 6.88. The third-order valence-corrected chi connectivity index (χ3v) is 3.62. The molecular weight excluding hydrogens is 258 g/mol. The number of benzene rings is 1. The number of Topliss-reactive ketones (excluding diaryl/α,β-unsaturated/α-hetero) is 2. The first kappa shape index (κ1) is 14.4. The summed E-state index contributed by atoms with van der Waals surface area (Å²) in [5, 5.41) is 10.9. The molecular formula is C15H17NO4. The summed E-state index contributed by atoms with van der Waals surface area (Å²) in [4.78, 5) is 34.1. The van der Waals surface area contributed by atoms with Gasteiger partial charge in [0.2, 0.25) is 11.6 Å². The molecule has 0 radical (unpaired) electrons. The van der Waals surface area contributed by atoms with Crippen LogP contribution in [-0.4, -0.2) is 22.5 Å². The summed E-state index contributed by atoms with van der Waals surface area (Å²) < 4.78 is 0. The van der Waals surface area contributed by atoms with Crippen LogP contribution in [0.5, 0.6) is 0 Å². The fourth-order valence-corrected chi connectivity index (χ4v) is 2.71. The van der Waals surface area contributed by atoms with E-state index in [1.807, 2.05) is 13.8 Å². The zero-order valence-electron chi connectivity index (χ0n) is 11.6. The number of hydrogen-bond donors (Lipinski definition) is 0. The van der Waals surface area contributed by atoms with E-state index < -0.39 is 22.5 Å². The third kappa shape index (κ3) is 2.24. The number of carbonyl (C=O) groups excluding carboxylic acids is 2. The molecule has 0 bridgehead atoms. The lowest BCUT2D eigenvalue weighted by molar-refractivity contribution is -0.488. The molecule has 1 aliphatic rings. The average molecular weight is 275 g/mol. The molecule has 0 saturated carbocycles. The maximum absolute atomic E-state index is 12.0. The van der Waals surface area contributed by atoms with Gasteiger partial charge in [-0.2, -0.15) is 0 Å². The van der Waals surface area contributed by atoms with Gasteiger partial charge in [0.15, 0.2) is 0 Å². The Hall–Kier alpha value is -2.04. The first-order valence-corrected chi connectivity index (χ1v) is 6.88. The molecule has 0 heterocycles. The van der Waals surface area contributed by atoms with Crippen LogP contribution in [0.25, 0.3) is 0 Å². The van der Waals surface area contributed by atoms with Crippen molar-refractivity contribution in [1.29, 1.82) is 0 Å². The van der Waals surface area contributed by atoms with Crippen molar-refractivity contribution in [2.75, 3.05) is 0 Å². The molecule has 0 amide bonds. The van der Waals surface area contributed by atoms with Gasteiger partial charge in [0.1, 0.15) is 0 Å². The lowest BCUT2D eigenvalue weighted by atomic mass is 9.94. The van der Waals surface area contributed by atoms with Crippen LogP contribution in [0.3, 0.4) is 0 Å². The van der Waals surface area contributed by atoms with Crippen LogP contribution in [0.15, 0.2) is 12.1 Å². The fourth-order valence-electron chi connectivity index (χ4n) is 2.71. The highest BCUT2D eigenvalue weighted by Gasteiger charge is 2.47. The summed E-state index contributed by atoms with van der Waals surface area (Å²) in [6.07, 6.45) is 3.48. The minimum absolute atomic E-state index is 0.222. The van der Waals surface area contributed by atoms with Crippen LogP contribution >= 0.6 is 0 Å². The number of nitro groups is 1. The maximum atomic E-state index is 12.0. The van der Waals surface area contributed by atoms with Gasteiger partial charge < -0.3 is 0 Å². The molecule has 0 fully saturated rings. The van der Waals surface area contributed by atoms with E-state index in [2.05, 4.69) is 0 Å². The predicted octanol–water partition coefficient (Wildman–Crippen LogP) is 2.62. The number of ketones is 2. The minimum atomic E-state index is -1.74. The number of fused-ring (bicyclic) bond motifs is 1. The Kier molecular flexibility index (Phi) is 3.97. The van der Waals surface area contributed by atoms with E-state index in [4.69, 9.17) is 0 Å². The van der Waals surface area contributed by atoms with E-state index in [1.54, 1.807) is 12.1 Å². The Bertz CT molecular complexity index is 547. The molecule has 0 aromatic heterocycles. The molecule has 0 saturated heterocycles. The summed E-state index contributed by atoms with van der Waals surface area (Å²) in [5.41, 5.74) is 2.50. The molecule has 0 N–H and O–H groups in total. The highest BCUT2D eigenvalue weighted by atomic mass is 16.6. The largest absolute Gasteiger partial charge is 0.336 e. The monoisotopic (exact) mass is 275 g/mol. The summed E-state index contributed by atoms with van der Waals surface area (Å²) in [6, 6.07) is 1.64. The van der Waals surface area contributed by atoms with Crippen molar-refractivity contribution in [2.24, 2.45) is 0 Å². The van der Waals surface area contributed by atoms with E-state index in [0.717, 1.165) is 36.8 Å². The van der Waals surface area contributed by atoms with Gasteiger partial charge in [0, 0.05) is 16.1 Å². The quantitative estimate of drug-likeness (QED) is 0.470. The second kappa shape index (κ2) is 5.53. The van der Waals surface area contributed by atoms with Crippen molar-refractivity contribution < 1.29 is 14.5 Å². The van der Waals surface area contributed by atoms with Gasteiger partial charge >= 0.3 is 6.04 Å². The van der Waals surface area contributed by atoms with Gasteiger partial charge in [0.05, 0.1) is 0 Å². The summed E-state index contributed by atoms with van der Waals surface area (Å²) >= 11 is 0. The highest BCUT2D eigenvalue weighted by molar-refractivity contribution is 6.28. The molecule has 20 heavy (non-hydrogen) atoms. The molecule has 2 rings (SSSR count). The van der Waals surface area contributed by atoms with Crippen LogP contribution in [0.2, 0.25) is 0 Å². The number of aryl methyl sites for hydroxylation is 2. The summed E-state index contributed by atoms with van der Waals surface area (Å²) in [5.74, 6) is -1.34. The molecule has 0 unspecified atom stereocenters. The van der Waals surface area contributed by atoms with E-state index in [0.29, 0.717) is 0 Å². The maximum Gasteiger partial charge on any atom is 0.336 e. The zero-order chi connectivity index (χ0) is 14.9. The lowest BCUT2D eigenvalue weighted by Gasteiger charge is -2.10. The van der Waals surface area contributed by atoms with Gasteiger partial charge in [-0.05, 0) is 36.1 Å². The molecule has 5 heteroatoms. The van der Waals surface area contributed by atoms with Crippen LogP contribution in [0, 0.1) is 10.1 Å². The number of rotatable bonds is 5. The van der Waals surface area contributed by atoms with Gasteiger partial charge in [0.25, 0.3) is 0 Å². The van der Waals surface area contributed by atoms with Crippen LogP contribution < -0.4 is 0 Å². The zero-order valence-corrected chi connectivity index (χ0v) is 11.6. The molecule has 5 nitrogen and oxygen atoms in total. The van der Waals surface area contributed by atoms with Gasteiger partial charge in [-0.15, -0.1) is 0 Å². The Morgan fingerprint density at radius 1 is 1.00 bits per heavy atom. The summed E-state index contributed by atoms with van der Waals surface area (Å²) in [7, 11) is 0. The second-order valence-corrected chi connectivity index (χ2v) is 5.08. The Morgan fingerprint density at radius 3 is 1.70 bits per heavy atom. The van der Waals surface area contributed by atoms with Crippen LogP contribution in [0.4, 0.5) is 0 Å². The smallest absolute Gasteiger partial charge is 0.286 e. The van der Waals surface area contributed by atoms with Crippen molar-refractivity contribution in [3.8, 4) is 0 Å². The van der Waals surface area contributed by atoms with E-state index >= 15 is 0 Å². The second-order valence-electron chi connectivity index (χ2n) is 5.08. The Morgan fingerprint density at radius 2 is 1.40 bits per heavy atom. The van der Waals surface area contributed by atoms with Crippen molar-refractivity contribution in [3.05, 3.63) is 44.5 Å². The molecule has 1 aliphatic carbocycles. The first-order chi connectivity index (χ1) is 9.51. The van der Waals surface area contributed by atoms with Crippen molar-refractivity contribution in [1.82, 2.24) is 0 Å². The van der Waals surface area contributed by atoms with Gasteiger partial charge in [-0.3, -0.25) is 19.7 Å². The number of carbonyl (C=O) groups is 2. The molecule has 0 spiro atoms. The van der Waals surface area contributed by atoms with Gasteiger partial charge in [-0.1, -0.05) is 26.7 Å². The third-order valence-electron chi connectivity index (χ3n) is 3.62. The average Bonchev–Trinajstić information content (AvgIpc) is 2.63. The van der Waals surface area contributed by atoms with Crippen LogP contribution in [0.1, 0.15) is 58.5 Å². The number of nitrogens with zero attached hydrogens (tertiary/aromatic N) is 1. The van der Waals surface area contributed by atoms with E-state index in [1.165, 1.54) is 0 Å². The molecule has 0 atom stereocenters. The van der Waals surface area contributed by atoms with E-state index in [-0.39, 0.29) is 11.1 Å². The molecule has 106 valence electrons. The molecule has 1 aromatic carbocycles. The fraction of sp³-hybridized carbons (Fsp3) is 0.467. The minimum Gasteiger partial charge on any atom is -0.286 e. The van der Waals surface area contributed by atoms with Gasteiger partial charge in [-0.25, -0.2) is 0 Å². The number of hydrogen-bond acceptors (Lipinski definition) is 4. The Labute approximate surface area is 117 Å². The SMILES string of the molecule is CCCc1cc2c(cc1CCC)C(=O)C([N+](=O)[O-])C2=O. The van der Waals surface area contributed by atoms with Crippen molar-refractivity contribution >= 4 is 11.6 Å². The normalized spacial score (nSPS) is 14.7. The van der Waals surface area contributed by atoms with Crippen LogP contribution in [-0.2, 0) is 12.8 Å². The lowest BCUT2D eigenvalue weighted by Crippen LogP contribution is -2.31. The molecule has 1 aromatic rings. The summed E-state index contributed by atoms with van der Waals surface area (Å²) in [6.45, 7) is 4.07. The standard InChI is InChI=1S/C15H17NO4/c1-3-5-9-7-11-12(8-10(9)6-4-2)15(18)13(14(11)17)16(19)20/h7-8,13H,3-6H2,1-2H3. The van der Waals surface area contributed by atoms with Crippen molar-refractivity contribution in [2.45, 2.75) is 45.6 Å².